The number of methoxy groups -OCH3 is 1. The molecule has 0 amide bonds. The summed E-state index contributed by atoms with van der Waals surface area (Å²) in [6, 6.07) is 8.97. The molecular weight excluding hydrogens is 512 g/mol. The smallest absolute Gasteiger partial charge is 0.302 e. The van der Waals surface area contributed by atoms with E-state index in [4.69, 9.17) is 23.4 Å². The first-order valence-electron chi connectivity index (χ1n) is 13.8. The Morgan fingerprint density at radius 3 is 2.13 bits per heavy atom. The van der Waals surface area contributed by atoms with E-state index < -0.39 is 16.4 Å². The van der Waals surface area contributed by atoms with E-state index in [-0.39, 0.29) is 47.9 Å². The van der Waals surface area contributed by atoms with Crippen molar-refractivity contribution in [3.63, 3.8) is 0 Å². The van der Waals surface area contributed by atoms with E-state index in [9.17, 15) is 4.79 Å². The van der Waals surface area contributed by atoms with Crippen LogP contribution >= 0.6 is 0 Å². The van der Waals surface area contributed by atoms with Crippen molar-refractivity contribution in [2.24, 2.45) is 5.92 Å². The Morgan fingerprint density at radius 1 is 1.03 bits per heavy atom. The molecule has 1 aliphatic heterocycles. The van der Waals surface area contributed by atoms with Gasteiger partial charge in [-0.1, -0.05) is 65.0 Å². The Labute approximate surface area is 233 Å². The van der Waals surface area contributed by atoms with Gasteiger partial charge < -0.3 is 23.4 Å². The predicted octanol–water partition coefficient (Wildman–Crippen LogP) is 7.22. The van der Waals surface area contributed by atoms with Crippen LogP contribution in [-0.2, 0) is 30.0 Å². The van der Waals surface area contributed by atoms with Crippen molar-refractivity contribution in [3.05, 3.63) is 42.0 Å². The molecule has 6 nitrogen and oxygen atoms in total. The van der Waals surface area contributed by atoms with Crippen LogP contribution in [0.2, 0.25) is 43.8 Å². The van der Waals surface area contributed by atoms with Gasteiger partial charge in [-0.15, -0.1) is 6.58 Å². The first-order valence-corrected chi connectivity index (χ1v) is 20.4. The summed E-state index contributed by atoms with van der Waals surface area (Å²) in [6.07, 6.45) is -0.300. The lowest BCUT2D eigenvalue weighted by Crippen LogP contribution is -2.60. The monoisotopic (exact) mass is 564 g/mol. The summed E-state index contributed by atoms with van der Waals surface area (Å²) in [5, 5.41) is 0.0330. The zero-order valence-corrected chi connectivity index (χ0v) is 27.7. The van der Waals surface area contributed by atoms with Crippen LogP contribution in [0, 0.1) is 5.92 Å². The van der Waals surface area contributed by atoms with Crippen LogP contribution in [0.25, 0.3) is 0 Å². The lowest BCUT2D eigenvalue weighted by Gasteiger charge is -2.50. The Bertz CT molecular complexity index is 916. The van der Waals surface area contributed by atoms with Crippen LogP contribution in [0.1, 0.15) is 46.6 Å². The number of ether oxygens (including phenoxy) is 4. The predicted molar refractivity (Wildman–Crippen MR) is 160 cm³/mol. The van der Waals surface area contributed by atoms with Crippen LogP contribution in [0.3, 0.4) is 0 Å². The van der Waals surface area contributed by atoms with Crippen LogP contribution in [0.15, 0.2) is 36.4 Å². The van der Waals surface area contributed by atoms with Gasteiger partial charge in [0.05, 0.1) is 38.1 Å². The van der Waals surface area contributed by atoms with Gasteiger partial charge in [-0.25, -0.2) is 0 Å². The fourth-order valence-electron chi connectivity index (χ4n) is 4.63. The number of benzene rings is 1. The van der Waals surface area contributed by atoms with Crippen molar-refractivity contribution in [2.75, 3.05) is 13.7 Å². The van der Waals surface area contributed by atoms with E-state index in [0.29, 0.717) is 13.0 Å². The molecule has 0 saturated carbocycles. The quantitative estimate of drug-likeness (QED) is 0.152. The summed E-state index contributed by atoms with van der Waals surface area (Å²) < 4.78 is 31.2. The van der Waals surface area contributed by atoms with Gasteiger partial charge in [0.1, 0.15) is 12.4 Å². The largest absolute Gasteiger partial charge is 0.497 e. The van der Waals surface area contributed by atoms with E-state index in [1.54, 1.807) is 7.11 Å². The third kappa shape index (κ3) is 9.63. The molecule has 0 aromatic heterocycles. The molecule has 1 aromatic rings. The van der Waals surface area contributed by atoms with Crippen molar-refractivity contribution in [2.45, 2.75) is 116 Å². The Hall–Kier alpha value is -1.46. The zero-order valence-electron chi connectivity index (χ0n) is 25.7. The van der Waals surface area contributed by atoms with E-state index >= 15 is 0 Å². The second-order valence-electron chi connectivity index (χ2n) is 13.5. The highest BCUT2D eigenvalue weighted by molar-refractivity contribution is 6.76. The Kier molecular flexibility index (Phi) is 11.4. The van der Waals surface area contributed by atoms with E-state index in [2.05, 4.69) is 67.0 Å². The molecule has 5 atom stereocenters. The van der Waals surface area contributed by atoms with Gasteiger partial charge in [0.15, 0.2) is 8.32 Å². The maximum atomic E-state index is 11.7. The topological polar surface area (TPSA) is 63.2 Å². The molecule has 0 spiro atoms. The number of hydrogen-bond acceptors (Lipinski definition) is 6. The van der Waals surface area contributed by atoms with Crippen LogP contribution in [0.5, 0.6) is 5.75 Å². The first-order chi connectivity index (χ1) is 17.4. The number of rotatable bonds is 12. The lowest BCUT2D eigenvalue weighted by atomic mass is 9.86. The van der Waals surface area contributed by atoms with Gasteiger partial charge in [0, 0.05) is 20.9 Å². The Balaban J connectivity index is 2.42. The highest BCUT2D eigenvalue weighted by atomic mass is 28.4. The second kappa shape index (κ2) is 13.3. The highest BCUT2D eigenvalue weighted by Gasteiger charge is 2.50. The molecule has 1 saturated heterocycles. The van der Waals surface area contributed by atoms with Crippen LogP contribution in [0.4, 0.5) is 0 Å². The summed E-state index contributed by atoms with van der Waals surface area (Å²) in [7, 11) is -1.85. The molecule has 0 unspecified atom stereocenters. The highest BCUT2D eigenvalue weighted by Crippen LogP contribution is 2.42. The molecule has 0 aliphatic carbocycles. The number of esters is 1. The number of carbonyl (C=O) groups is 1. The minimum absolute atomic E-state index is 0.0330. The molecule has 1 fully saturated rings. The van der Waals surface area contributed by atoms with Crippen molar-refractivity contribution >= 4 is 22.4 Å². The summed E-state index contributed by atoms with van der Waals surface area (Å²) in [5.41, 5.74) is 2.25. The minimum atomic E-state index is -2.17. The summed E-state index contributed by atoms with van der Waals surface area (Å²) in [4.78, 5) is 11.7. The van der Waals surface area contributed by atoms with E-state index in [1.165, 1.54) is 12.5 Å². The van der Waals surface area contributed by atoms with Gasteiger partial charge in [0.25, 0.3) is 0 Å². The normalized spacial score (nSPS) is 24.7. The fourth-order valence-corrected chi connectivity index (χ4v) is 7.59. The maximum absolute atomic E-state index is 11.7. The molecule has 1 aromatic carbocycles. The molecule has 2 rings (SSSR count). The zero-order chi connectivity index (χ0) is 28.9. The van der Waals surface area contributed by atoms with Gasteiger partial charge in [-0.05, 0) is 48.3 Å². The molecule has 0 bridgehead atoms. The minimum Gasteiger partial charge on any atom is -0.497 e. The first kappa shape index (κ1) is 32.8. The summed E-state index contributed by atoms with van der Waals surface area (Å²) in [5.74, 6) is 0.467. The molecule has 0 radical (unpaired) electrons. The third-order valence-electron chi connectivity index (χ3n) is 7.70. The fraction of sp³-hybridized carbons (Fsp3) is 0.700. The standard InChI is InChI=1S/C30H52O6Si2/c1-21(20-37(8,9)10)17-26-29(36-38(11,12)30(4,5)6)28(22(2)27(35-26)19-33-23(3)31)34-18-24-13-15-25(32-7)16-14-24/h13-16,22,26-29H,1,17-20H2,2-12H3/t22-,26+,27-,28+,29+/m0/s1. The van der Waals surface area contributed by atoms with Crippen molar-refractivity contribution in [1.82, 2.24) is 0 Å². The molecule has 216 valence electrons. The third-order valence-corrected chi connectivity index (χ3v) is 13.7. The molecule has 0 N–H and O–H groups in total. The molecule has 1 aliphatic rings. The Morgan fingerprint density at radius 2 is 1.63 bits per heavy atom. The van der Waals surface area contributed by atoms with Crippen molar-refractivity contribution < 1.29 is 28.2 Å². The van der Waals surface area contributed by atoms with Crippen LogP contribution in [-0.4, -0.2) is 60.5 Å². The van der Waals surface area contributed by atoms with Crippen molar-refractivity contribution in [3.8, 4) is 5.75 Å². The average molecular weight is 565 g/mol. The average Bonchev–Trinajstić information content (AvgIpc) is 2.77. The van der Waals surface area contributed by atoms with Gasteiger partial charge in [-0.3, -0.25) is 4.79 Å². The van der Waals surface area contributed by atoms with Gasteiger partial charge in [-0.2, -0.15) is 0 Å². The number of carbonyl (C=O) groups excluding carboxylic acids is 1. The SMILES string of the molecule is C=C(C[C@H]1O[C@@H](COC(C)=O)[C@H](C)[C@@H](OCc2ccc(OC)cc2)[C@@H]1O[Si](C)(C)C(C)(C)C)C[Si](C)(C)C. The molecule has 1 heterocycles. The lowest BCUT2D eigenvalue weighted by molar-refractivity contribution is -0.219. The summed E-state index contributed by atoms with van der Waals surface area (Å²) in [6.45, 7) is 27.0. The second-order valence-corrected chi connectivity index (χ2v) is 23.8. The molecular formula is C30H52O6Si2. The maximum Gasteiger partial charge on any atom is 0.302 e. The molecule has 8 heteroatoms. The van der Waals surface area contributed by atoms with Crippen molar-refractivity contribution in [1.29, 1.82) is 0 Å². The summed E-state index contributed by atoms with van der Waals surface area (Å²) >= 11 is 0. The number of hydrogen-bond donors (Lipinski definition) is 0. The van der Waals surface area contributed by atoms with E-state index in [0.717, 1.165) is 17.4 Å². The van der Waals surface area contributed by atoms with Crippen LogP contribution < -0.4 is 4.74 Å². The van der Waals surface area contributed by atoms with Gasteiger partial charge >= 0.3 is 5.97 Å². The molecule has 38 heavy (non-hydrogen) atoms. The van der Waals surface area contributed by atoms with E-state index in [1.807, 2.05) is 24.3 Å². The van der Waals surface area contributed by atoms with Gasteiger partial charge in [0.2, 0.25) is 0 Å².